The van der Waals surface area contributed by atoms with Crippen LogP contribution in [-0.4, -0.2) is 25.7 Å². The molecule has 0 unspecified atom stereocenters. The van der Waals surface area contributed by atoms with Crippen LogP contribution in [0.3, 0.4) is 0 Å². The summed E-state index contributed by atoms with van der Waals surface area (Å²) in [5, 5.41) is 14.7. The van der Waals surface area contributed by atoms with Crippen LogP contribution in [0.15, 0.2) is 0 Å². The zero-order valence-corrected chi connectivity index (χ0v) is 12.1. The Kier molecular flexibility index (Phi) is 5.84. The van der Waals surface area contributed by atoms with Crippen LogP contribution < -0.4 is 16.4 Å². The first-order valence-electron chi connectivity index (χ1n) is 6.15. The lowest BCUT2D eigenvalue weighted by molar-refractivity contribution is -0.135. The second-order valence-electron chi connectivity index (χ2n) is 4.24. The van der Waals surface area contributed by atoms with Crippen LogP contribution in [0.25, 0.3) is 0 Å². The van der Waals surface area contributed by atoms with Crippen LogP contribution in [0, 0.1) is 11.3 Å². The first-order chi connectivity index (χ1) is 9.80. The largest absolute Gasteiger partial charge is 0.396 e. The van der Waals surface area contributed by atoms with Crippen molar-refractivity contribution in [3.8, 4) is 6.07 Å². The molecule has 5 nitrogen and oxygen atoms in total. The molecule has 1 rings (SSSR count). The van der Waals surface area contributed by atoms with E-state index in [2.05, 4.69) is 10.6 Å². The Bertz CT molecular complexity index is 548. The molecule has 0 saturated heterocycles. The van der Waals surface area contributed by atoms with Gasteiger partial charge in [0, 0.05) is 20.0 Å². The normalized spacial score (nSPS) is 11.0. The van der Waals surface area contributed by atoms with Gasteiger partial charge in [-0.05, 0) is 12.8 Å². The highest BCUT2D eigenvalue weighted by Gasteiger charge is 2.26. The van der Waals surface area contributed by atoms with Gasteiger partial charge in [0.1, 0.15) is 21.5 Å². The molecule has 0 spiro atoms. The number of halogens is 3. The number of carbonyl (C=O) groups is 1. The number of carbonyl (C=O) groups excluding carboxylic acids is 1. The molecule has 1 aromatic rings. The van der Waals surface area contributed by atoms with Crippen molar-refractivity contribution in [3.63, 3.8) is 0 Å². The Labute approximate surface area is 123 Å². The lowest BCUT2D eigenvalue weighted by Gasteiger charge is -2.06. The Hall–Kier alpha value is -1.95. The molecule has 4 N–H and O–H groups in total. The molecule has 21 heavy (non-hydrogen) atoms. The molecule has 1 aromatic heterocycles. The minimum absolute atomic E-state index is 0.00154. The summed E-state index contributed by atoms with van der Waals surface area (Å²) in [5.74, 6) is -0.404. The van der Waals surface area contributed by atoms with E-state index < -0.39 is 18.5 Å². The van der Waals surface area contributed by atoms with Crippen LogP contribution in [0.4, 0.5) is 23.9 Å². The van der Waals surface area contributed by atoms with Crippen molar-refractivity contribution in [2.24, 2.45) is 0 Å². The summed E-state index contributed by atoms with van der Waals surface area (Å²) in [6.45, 7) is 0.276. The Morgan fingerprint density at radius 2 is 2.10 bits per heavy atom. The Balaban J connectivity index is 2.63. The number of hydrogen-bond acceptors (Lipinski definition) is 5. The van der Waals surface area contributed by atoms with Crippen LogP contribution in [0.1, 0.15) is 34.5 Å². The van der Waals surface area contributed by atoms with E-state index in [4.69, 9.17) is 11.0 Å². The van der Waals surface area contributed by atoms with E-state index in [-0.39, 0.29) is 29.1 Å². The third kappa shape index (κ3) is 4.82. The fourth-order valence-electron chi connectivity index (χ4n) is 1.61. The monoisotopic (exact) mass is 320 g/mol. The van der Waals surface area contributed by atoms with Crippen molar-refractivity contribution < 1.29 is 18.0 Å². The molecule has 0 atom stereocenters. The third-order valence-corrected chi connectivity index (χ3v) is 3.82. The van der Waals surface area contributed by atoms with Crippen LogP contribution in [0.2, 0.25) is 0 Å². The highest BCUT2D eigenvalue weighted by Crippen LogP contribution is 2.35. The first-order valence-corrected chi connectivity index (χ1v) is 6.97. The van der Waals surface area contributed by atoms with E-state index in [1.54, 1.807) is 0 Å². The SMILES string of the molecule is CNC(=O)c1sc(NCCCCC(F)(F)F)c(C#N)c1N. The van der Waals surface area contributed by atoms with Gasteiger partial charge in [0.15, 0.2) is 0 Å². The standard InChI is InChI=1S/C12H15F3N4OS/c1-18-10(20)9-8(17)7(6-16)11(21-9)19-5-3-2-4-12(13,14)15/h19H,2-5,17H2,1H3,(H,18,20). The molecule has 0 aromatic carbocycles. The average molecular weight is 320 g/mol. The molecular weight excluding hydrogens is 305 g/mol. The van der Waals surface area contributed by atoms with Gasteiger partial charge in [-0.15, -0.1) is 11.3 Å². The van der Waals surface area contributed by atoms with Gasteiger partial charge in [-0.25, -0.2) is 0 Å². The summed E-state index contributed by atoms with van der Waals surface area (Å²) in [7, 11) is 1.44. The molecule has 0 aliphatic rings. The molecule has 9 heteroatoms. The molecule has 0 saturated carbocycles. The van der Waals surface area contributed by atoms with E-state index in [1.165, 1.54) is 7.05 Å². The topological polar surface area (TPSA) is 90.9 Å². The zero-order chi connectivity index (χ0) is 16.0. The predicted molar refractivity (Wildman–Crippen MR) is 75.2 cm³/mol. The molecule has 1 amide bonds. The zero-order valence-electron chi connectivity index (χ0n) is 11.3. The number of nitrogens with one attached hydrogen (secondary N) is 2. The van der Waals surface area contributed by atoms with Crippen LogP contribution in [-0.2, 0) is 0 Å². The quantitative estimate of drug-likeness (QED) is 0.703. The lowest BCUT2D eigenvalue weighted by atomic mass is 10.2. The lowest BCUT2D eigenvalue weighted by Crippen LogP contribution is -2.17. The molecule has 0 bridgehead atoms. The van der Waals surface area contributed by atoms with Crippen molar-refractivity contribution in [1.82, 2.24) is 5.32 Å². The maximum absolute atomic E-state index is 12.0. The van der Waals surface area contributed by atoms with E-state index >= 15 is 0 Å². The maximum atomic E-state index is 12.0. The number of amides is 1. The summed E-state index contributed by atoms with van der Waals surface area (Å²) in [5.41, 5.74) is 5.95. The van der Waals surface area contributed by atoms with Crippen molar-refractivity contribution in [3.05, 3.63) is 10.4 Å². The number of hydrogen-bond donors (Lipinski definition) is 3. The van der Waals surface area contributed by atoms with Gasteiger partial charge < -0.3 is 16.4 Å². The first kappa shape index (κ1) is 17.1. The molecule has 0 radical (unpaired) electrons. The van der Waals surface area contributed by atoms with E-state index in [0.717, 1.165) is 11.3 Å². The molecule has 1 heterocycles. The second-order valence-corrected chi connectivity index (χ2v) is 5.26. The number of alkyl halides is 3. The summed E-state index contributed by atoms with van der Waals surface area (Å²) < 4.78 is 36.0. The number of nitrogens with two attached hydrogens (primary N) is 1. The van der Waals surface area contributed by atoms with Gasteiger partial charge in [-0.1, -0.05) is 0 Å². The van der Waals surface area contributed by atoms with Crippen molar-refractivity contribution in [1.29, 1.82) is 5.26 Å². The fourth-order valence-corrected chi connectivity index (χ4v) is 2.66. The van der Waals surface area contributed by atoms with Gasteiger partial charge in [-0.2, -0.15) is 18.4 Å². The smallest absolute Gasteiger partial charge is 0.389 e. The number of anilines is 2. The van der Waals surface area contributed by atoms with Crippen molar-refractivity contribution in [2.75, 3.05) is 24.6 Å². The van der Waals surface area contributed by atoms with Gasteiger partial charge in [0.25, 0.3) is 5.91 Å². The van der Waals surface area contributed by atoms with Crippen LogP contribution >= 0.6 is 11.3 Å². The van der Waals surface area contributed by atoms with Gasteiger partial charge in [0.2, 0.25) is 0 Å². The maximum Gasteiger partial charge on any atom is 0.389 e. The summed E-state index contributed by atoms with van der Waals surface area (Å²) in [4.78, 5) is 11.8. The number of nitriles is 1. The van der Waals surface area contributed by atoms with Crippen molar-refractivity contribution >= 4 is 27.9 Å². The predicted octanol–water partition coefficient (Wildman–Crippen LogP) is 2.71. The highest BCUT2D eigenvalue weighted by atomic mass is 32.1. The van der Waals surface area contributed by atoms with Crippen molar-refractivity contribution in [2.45, 2.75) is 25.4 Å². The Morgan fingerprint density at radius 3 is 2.62 bits per heavy atom. The minimum Gasteiger partial charge on any atom is -0.396 e. The van der Waals surface area contributed by atoms with E-state index in [0.29, 0.717) is 11.4 Å². The molecule has 0 fully saturated rings. The summed E-state index contributed by atoms with van der Waals surface area (Å²) in [6.07, 6.45) is -4.69. The van der Waals surface area contributed by atoms with Gasteiger partial charge in [0.05, 0.1) is 5.69 Å². The number of nitrogens with zero attached hydrogens (tertiary/aromatic N) is 1. The minimum atomic E-state index is -4.16. The van der Waals surface area contributed by atoms with E-state index in [1.807, 2.05) is 6.07 Å². The van der Waals surface area contributed by atoms with Crippen LogP contribution in [0.5, 0.6) is 0 Å². The third-order valence-electron chi connectivity index (χ3n) is 2.66. The molecule has 0 aliphatic heterocycles. The van der Waals surface area contributed by atoms with Gasteiger partial charge in [-0.3, -0.25) is 4.79 Å². The van der Waals surface area contributed by atoms with E-state index in [9.17, 15) is 18.0 Å². The molecular formula is C12H15F3N4OS. The number of thiophene rings is 1. The number of unbranched alkanes of at least 4 members (excludes halogenated alkanes) is 1. The molecule has 0 aliphatic carbocycles. The Morgan fingerprint density at radius 1 is 1.43 bits per heavy atom. The summed E-state index contributed by atoms with van der Waals surface area (Å²) in [6, 6.07) is 1.89. The second kappa shape index (κ2) is 7.17. The van der Waals surface area contributed by atoms with Gasteiger partial charge >= 0.3 is 6.18 Å². The number of nitrogen functional groups attached to an aromatic ring is 1. The summed E-state index contributed by atoms with van der Waals surface area (Å²) >= 11 is 1.01. The fraction of sp³-hybridized carbons (Fsp3) is 0.500. The average Bonchev–Trinajstić information content (AvgIpc) is 2.72. The molecule has 116 valence electrons. The highest BCUT2D eigenvalue weighted by molar-refractivity contribution is 7.18. The number of rotatable bonds is 6.